The highest BCUT2D eigenvalue weighted by molar-refractivity contribution is 5.91. The van der Waals surface area contributed by atoms with E-state index >= 15 is 0 Å². The SMILES string of the molecule is CCCCCCC(C)Oc1cc(OC)ccc1C(=O)O. The number of unbranched alkanes of at least 4 members (excludes halogenated alkanes) is 3. The highest BCUT2D eigenvalue weighted by atomic mass is 16.5. The van der Waals surface area contributed by atoms with E-state index in [0.29, 0.717) is 11.5 Å². The normalized spacial score (nSPS) is 11.9. The molecule has 20 heavy (non-hydrogen) atoms. The molecule has 1 N–H and O–H groups in total. The Kier molecular flexibility index (Phi) is 6.91. The summed E-state index contributed by atoms with van der Waals surface area (Å²) in [5.41, 5.74) is 0.172. The summed E-state index contributed by atoms with van der Waals surface area (Å²) in [6.45, 7) is 4.15. The van der Waals surface area contributed by atoms with Crippen molar-refractivity contribution in [1.82, 2.24) is 0 Å². The summed E-state index contributed by atoms with van der Waals surface area (Å²) in [5.74, 6) is -0.0103. The van der Waals surface area contributed by atoms with Gasteiger partial charge in [-0.2, -0.15) is 0 Å². The number of carbonyl (C=O) groups is 1. The van der Waals surface area contributed by atoms with Gasteiger partial charge >= 0.3 is 5.97 Å². The number of rotatable bonds is 9. The predicted octanol–water partition coefficient (Wildman–Crippen LogP) is 4.13. The van der Waals surface area contributed by atoms with E-state index < -0.39 is 5.97 Å². The number of aromatic carboxylic acids is 1. The summed E-state index contributed by atoms with van der Waals surface area (Å²) in [4.78, 5) is 11.2. The molecule has 0 aromatic heterocycles. The molecular formula is C16H24O4. The monoisotopic (exact) mass is 280 g/mol. The minimum atomic E-state index is -0.985. The Morgan fingerprint density at radius 3 is 2.65 bits per heavy atom. The Labute approximate surface area is 120 Å². The number of hydrogen-bond donors (Lipinski definition) is 1. The van der Waals surface area contributed by atoms with Crippen molar-refractivity contribution >= 4 is 5.97 Å². The van der Waals surface area contributed by atoms with E-state index in [1.165, 1.54) is 25.3 Å². The molecule has 1 unspecified atom stereocenters. The first kappa shape index (κ1) is 16.3. The van der Waals surface area contributed by atoms with Gasteiger partial charge in [0.25, 0.3) is 0 Å². The molecular weight excluding hydrogens is 256 g/mol. The van der Waals surface area contributed by atoms with Crippen molar-refractivity contribution < 1.29 is 19.4 Å². The fourth-order valence-electron chi connectivity index (χ4n) is 2.04. The van der Waals surface area contributed by atoms with Crippen LogP contribution in [0.4, 0.5) is 0 Å². The fraction of sp³-hybridized carbons (Fsp3) is 0.562. The third kappa shape index (κ3) is 5.11. The Morgan fingerprint density at radius 1 is 1.30 bits per heavy atom. The van der Waals surface area contributed by atoms with Crippen LogP contribution in [0.3, 0.4) is 0 Å². The third-order valence-electron chi connectivity index (χ3n) is 3.21. The second-order valence-electron chi connectivity index (χ2n) is 4.95. The minimum Gasteiger partial charge on any atom is -0.497 e. The zero-order valence-corrected chi connectivity index (χ0v) is 12.5. The number of carboxylic acids is 1. The van der Waals surface area contributed by atoms with Gasteiger partial charge in [0, 0.05) is 6.07 Å². The van der Waals surface area contributed by atoms with Gasteiger partial charge in [-0.05, 0) is 31.9 Å². The lowest BCUT2D eigenvalue weighted by molar-refractivity contribution is 0.0689. The predicted molar refractivity (Wildman–Crippen MR) is 78.8 cm³/mol. The van der Waals surface area contributed by atoms with Crippen LogP contribution in [0.15, 0.2) is 18.2 Å². The molecule has 0 radical (unpaired) electrons. The summed E-state index contributed by atoms with van der Waals surface area (Å²) in [6.07, 6.45) is 5.64. The lowest BCUT2D eigenvalue weighted by Crippen LogP contribution is -2.14. The maximum atomic E-state index is 11.2. The minimum absolute atomic E-state index is 0.00272. The molecule has 0 aliphatic rings. The van der Waals surface area contributed by atoms with Crippen LogP contribution in [-0.2, 0) is 0 Å². The molecule has 0 saturated heterocycles. The molecule has 4 nitrogen and oxygen atoms in total. The van der Waals surface area contributed by atoms with Crippen LogP contribution in [0.5, 0.6) is 11.5 Å². The van der Waals surface area contributed by atoms with Gasteiger partial charge in [-0.25, -0.2) is 4.79 Å². The number of hydrogen-bond acceptors (Lipinski definition) is 3. The Bertz CT molecular complexity index is 428. The van der Waals surface area contributed by atoms with E-state index in [9.17, 15) is 4.79 Å². The van der Waals surface area contributed by atoms with E-state index in [4.69, 9.17) is 14.6 Å². The smallest absolute Gasteiger partial charge is 0.339 e. The first-order valence-electron chi connectivity index (χ1n) is 7.16. The first-order valence-corrected chi connectivity index (χ1v) is 7.16. The fourth-order valence-corrected chi connectivity index (χ4v) is 2.04. The standard InChI is InChI=1S/C16H24O4/c1-4-5-6-7-8-12(2)20-15-11-13(19-3)9-10-14(15)16(17)18/h9-12H,4-8H2,1-3H3,(H,17,18). The van der Waals surface area contributed by atoms with Gasteiger partial charge in [-0.15, -0.1) is 0 Å². The topological polar surface area (TPSA) is 55.8 Å². The van der Waals surface area contributed by atoms with Gasteiger partial charge in [0.2, 0.25) is 0 Å². The molecule has 0 saturated carbocycles. The van der Waals surface area contributed by atoms with Crippen LogP contribution < -0.4 is 9.47 Å². The van der Waals surface area contributed by atoms with Crippen LogP contribution >= 0.6 is 0 Å². The quantitative estimate of drug-likeness (QED) is 0.691. The van der Waals surface area contributed by atoms with Crippen molar-refractivity contribution in [2.75, 3.05) is 7.11 Å². The largest absolute Gasteiger partial charge is 0.497 e. The number of carboxylic acid groups (broad SMARTS) is 1. The molecule has 0 spiro atoms. The summed E-state index contributed by atoms with van der Waals surface area (Å²) in [6, 6.07) is 4.77. The Morgan fingerprint density at radius 2 is 2.05 bits per heavy atom. The summed E-state index contributed by atoms with van der Waals surface area (Å²) in [7, 11) is 1.55. The lowest BCUT2D eigenvalue weighted by Gasteiger charge is -2.17. The van der Waals surface area contributed by atoms with E-state index in [-0.39, 0.29) is 11.7 Å². The van der Waals surface area contributed by atoms with Gasteiger partial charge in [0.05, 0.1) is 13.2 Å². The van der Waals surface area contributed by atoms with Gasteiger partial charge in [0.15, 0.2) is 0 Å². The van der Waals surface area contributed by atoms with Crippen molar-refractivity contribution in [1.29, 1.82) is 0 Å². The molecule has 0 heterocycles. The maximum Gasteiger partial charge on any atom is 0.339 e. The Balaban J connectivity index is 2.66. The highest BCUT2D eigenvalue weighted by Gasteiger charge is 2.15. The molecule has 1 rings (SSSR count). The van der Waals surface area contributed by atoms with Crippen LogP contribution in [0.1, 0.15) is 56.3 Å². The van der Waals surface area contributed by atoms with Crippen LogP contribution in [0, 0.1) is 0 Å². The number of methoxy groups -OCH3 is 1. The van der Waals surface area contributed by atoms with Crippen LogP contribution in [0.25, 0.3) is 0 Å². The lowest BCUT2D eigenvalue weighted by atomic mass is 10.1. The van der Waals surface area contributed by atoms with Gasteiger partial charge in [-0.3, -0.25) is 0 Å². The summed E-state index contributed by atoms with van der Waals surface area (Å²) in [5, 5.41) is 9.17. The molecule has 0 amide bonds. The highest BCUT2D eigenvalue weighted by Crippen LogP contribution is 2.26. The Hall–Kier alpha value is -1.71. The summed E-state index contributed by atoms with van der Waals surface area (Å²) >= 11 is 0. The molecule has 1 atom stereocenters. The van der Waals surface area contributed by atoms with Crippen LogP contribution in [0.2, 0.25) is 0 Å². The van der Waals surface area contributed by atoms with Gasteiger partial charge < -0.3 is 14.6 Å². The van der Waals surface area contributed by atoms with Crippen molar-refractivity contribution in [2.24, 2.45) is 0 Å². The molecule has 0 aliphatic heterocycles. The molecule has 0 bridgehead atoms. The molecule has 0 fully saturated rings. The first-order chi connectivity index (χ1) is 9.58. The molecule has 0 aliphatic carbocycles. The average Bonchev–Trinajstić information content (AvgIpc) is 2.43. The van der Waals surface area contributed by atoms with Crippen molar-refractivity contribution in [3.05, 3.63) is 23.8 Å². The van der Waals surface area contributed by atoms with E-state index in [0.717, 1.165) is 12.8 Å². The van der Waals surface area contributed by atoms with Crippen molar-refractivity contribution in [2.45, 2.75) is 52.1 Å². The summed E-state index contributed by atoms with van der Waals surface area (Å²) < 4.78 is 10.9. The zero-order chi connectivity index (χ0) is 15.0. The molecule has 4 heteroatoms. The number of ether oxygens (including phenoxy) is 2. The molecule has 1 aromatic rings. The zero-order valence-electron chi connectivity index (χ0n) is 12.5. The van der Waals surface area contributed by atoms with E-state index in [2.05, 4.69) is 6.92 Å². The number of benzene rings is 1. The molecule has 112 valence electrons. The molecule has 1 aromatic carbocycles. The van der Waals surface area contributed by atoms with Crippen molar-refractivity contribution in [3.8, 4) is 11.5 Å². The third-order valence-corrected chi connectivity index (χ3v) is 3.21. The second-order valence-corrected chi connectivity index (χ2v) is 4.95. The van der Waals surface area contributed by atoms with E-state index in [1.807, 2.05) is 6.92 Å². The van der Waals surface area contributed by atoms with Gasteiger partial charge in [-0.1, -0.05) is 26.2 Å². The van der Waals surface area contributed by atoms with Crippen LogP contribution in [-0.4, -0.2) is 24.3 Å². The van der Waals surface area contributed by atoms with Crippen molar-refractivity contribution in [3.63, 3.8) is 0 Å². The van der Waals surface area contributed by atoms with Gasteiger partial charge in [0.1, 0.15) is 17.1 Å². The maximum absolute atomic E-state index is 11.2. The van der Waals surface area contributed by atoms with E-state index in [1.54, 1.807) is 19.2 Å². The second kappa shape index (κ2) is 8.46. The average molecular weight is 280 g/mol.